The zero-order chi connectivity index (χ0) is 28.7. The summed E-state index contributed by atoms with van der Waals surface area (Å²) in [6.45, 7) is 2.88. The van der Waals surface area contributed by atoms with E-state index in [9.17, 15) is 23.7 Å². The molecule has 1 aliphatic rings. The van der Waals surface area contributed by atoms with Crippen molar-refractivity contribution in [3.8, 4) is 28.4 Å². The van der Waals surface area contributed by atoms with Crippen LogP contribution in [0.4, 0.5) is 0 Å². The van der Waals surface area contributed by atoms with E-state index in [-0.39, 0.29) is 29.9 Å². The van der Waals surface area contributed by atoms with Crippen molar-refractivity contribution in [2.75, 3.05) is 19.0 Å². The molecule has 1 unspecified atom stereocenters. The number of hydrogen-bond acceptors (Lipinski definition) is 9. The largest absolute Gasteiger partial charge is 0.459 e. The molecule has 12 heteroatoms. The van der Waals surface area contributed by atoms with Gasteiger partial charge in [-0.3, -0.25) is 0 Å². The summed E-state index contributed by atoms with van der Waals surface area (Å²) in [7, 11) is -3.61. The van der Waals surface area contributed by atoms with Gasteiger partial charge in [-0.2, -0.15) is 4.98 Å². The summed E-state index contributed by atoms with van der Waals surface area (Å²) in [4.78, 5) is 12.2. The van der Waals surface area contributed by atoms with Crippen LogP contribution in [0.25, 0.3) is 33.5 Å². The van der Waals surface area contributed by atoms with Gasteiger partial charge in [0.1, 0.15) is 12.2 Å². The van der Waals surface area contributed by atoms with Crippen molar-refractivity contribution in [2.24, 2.45) is 0 Å². The molecule has 4 N–H and O–H groups in total. The molecule has 2 aromatic heterocycles. The van der Waals surface area contributed by atoms with E-state index in [4.69, 9.17) is 21.1 Å². The summed E-state index contributed by atoms with van der Waals surface area (Å²) in [6, 6.07) is 16.0. The monoisotopic (exact) mass is 587 g/mol. The van der Waals surface area contributed by atoms with E-state index in [0.29, 0.717) is 28.3 Å². The normalized spacial score (nSPS) is 20.1. The quantitative estimate of drug-likeness (QED) is 0.243. The second-order valence-electron chi connectivity index (χ2n) is 10.5. The lowest BCUT2D eigenvalue weighted by Crippen LogP contribution is -2.45. The number of aliphatic hydroxyl groups is 3. The molecule has 0 amide bonds. The van der Waals surface area contributed by atoms with Crippen molar-refractivity contribution in [3.63, 3.8) is 0 Å². The van der Waals surface area contributed by atoms with Crippen LogP contribution in [0.15, 0.2) is 59.5 Å². The number of benzene rings is 2. The molecule has 1 aliphatic heterocycles. The first-order valence-electron chi connectivity index (χ1n) is 12.7. The lowest BCUT2D eigenvalue weighted by Gasteiger charge is -2.31. The summed E-state index contributed by atoms with van der Waals surface area (Å²) in [5.41, 5.74) is 2.69. The molecule has 3 atom stereocenters. The highest BCUT2D eigenvalue weighted by molar-refractivity contribution is 7.91. The number of aromatic amines is 1. The number of rotatable bonds is 8. The Hall–Kier alpha value is -3.06. The molecule has 0 bridgehead atoms. The number of pyridine rings is 1. The second kappa shape index (κ2) is 11.1. The van der Waals surface area contributed by atoms with Gasteiger partial charge in [0.05, 0.1) is 51.8 Å². The molecule has 10 nitrogen and oxygen atoms in total. The van der Waals surface area contributed by atoms with Crippen molar-refractivity contribution in [2.45, 2.75) is 49.1 Å². The topological polar surface area (TPSA) is 155 Å². The van der Waals surface area contributed by atoms with E-state index in [1.165, 1.54) is 13.8 Å². The van der Waals surface area contributed by atoms with Gasteiger partial charge in [0.25, 0.3) is 6.01 Å². The lowest BCUT2D eigenvalue weighted by atomic mass is 10.0. The zero-order valence-electron chi connectivity index (χ0n) is 21.9. The number of H-pyrrole nitrogens is 1. The standard InChI is InChI=1S/C28H30ClN3O7S/c1-28(2,35)15-40(36,37)20-9-7-17(8-10-20)16-3-5-18(6-4-16)25-21(29)12-22-26(31-25)32-27(30-22)39-19-11-23(34)24(13-33)38-14-19/h3-10,12,19,23-24,33-35H,11,13-15H2,1-2H3,(H,30,31,32)/t19-,23+,24?/m1/s1. The average Bonchev–Trinajstić information content (AvgIpc) is 3.28. The summed E-state index contributed by atoms with van der Waals surface area (Å²) in [6.07, 6.45) is -1.59. The first-order valence-corrected chi connectivity index (χ1v) is 14.7. The van der Waals surface area contributed by atoms with Gasteiger partial charge in [0.15, 0.2) is 15.5 Å². The Labute approximate surface area is 236 Å². The molecular formula is C28H30ClN3O7S. The minimum Gasteiger partial charge on any atom is -0.459 e. The number of ether oxygens (including phenoxy) is 2. The summed E-state index contributed by atoms with van der Waals surface area (Å²) in [5.74, 6) is -0.362. The van der Waals surface area contributed by atoms with Crippen LogP contribution < -0.4 is 4.74 Å². The molecule has 0 spiro atoms. The Kier molecular flexibility index (Phi) is 7.88. The predicted octanol–water partition coefficient (Wildman–Crippen LogP) is 3.38. The Bertz CT molecular complexity index is 1600. The molecule has 2 aromatic carbocycles. The van der Waals surface area contributed by atoms with Gasteiger partial charge in [-0.25, -0.2) is 13.4 Å². The van der Waals surface area contributed by atoms with Gasteiger partial charge in [0.2, 0.25) is 0 Å². The van der Waals surface area contributed by atoms with Crippen LogP contribution >= 0.6 is 11.6 Å². The number of fused-ring (bicyclic) bond motifs is 1. The maximum Gasteiger partial charge on any atom is 0.296 e. The SMILES string of the molecule is CC(C)(O)CS(=O)(=O)c1ccc(-c2ccc(-c3nc4nc(O[C@H]5COC(CO)[C@@H](O)C5)[nH]c4cc3Cl)cc2)cc1. The molecule has 1 fully saturated rings. The summed E-state index contributed by atoms with van der Waals surface area (Å²) in [5, 5.41) is 29.6. The number of nitrogens with one attached hydrogen (secondary N) is 1. The number of imidazole rings is 1. The van der Waals surface area contributed by atoms with Crippen LogP contribution in [0.5, 0.6) is 6.01 Å². The van der Waals surface area contributed by atoms with E-state index < -0.39 is 33.8 Å². The van der Waals surface area contributed by atoms with Crippen molar-refractivity contribution in [1.82, 2.24) is 15.0 Å². The Morgan fingerprint density at radius 1 is 1.07 bits per heavy atom. The van der Waals surface area contributed by atoms with Crippen LogP contribution in [0, 0.1) is 0 Å². The number of aromatic nitrogens is 3. The number of sulfone groups is 1. The van der Waals surface area contributed by atoms with E-state index in [2.05, 4.69) is 15.0 Å². The van der Waals surface area contributed by atoms with E-state index in [1.807, 2.05) is 24.3 Å². The fourth-order valence-corrected chi connectivity index (χ4v) is 6.53. The molecule has 0 radical (unpaired) electrons. The number of nitrogens with zero attached hydrogens (tertiary/aromatic N) is 2. The zero-order valence-corrected chi connectivity index (χ0v) is 23.5. The van der Waals surface area contributed by atoms with Crippen molar-refractivity contribution in [3.05, 3.63) is 59.6 Å². The van der Waals surface area contributed by atoms with Gasteiger partial charge < -0.3 is 29.8 Å². The smallest absolute Gasteiger partial charge is 0.296 e. The minimum absolute atomic E-state index is 0.156. The first-order chi connectivity index (χ1) is 18.9. The molecular weight excluding hydrogens is 558 g/mol. The Balaban J connectivity index is 1.32. The first kappa shape index (κ1) is 28.5. The molecule has 3 heterocycles. The van der Waals surface area contributed by atoms with Crippen LogP contribution in [0.3, 0.4) is 0 Å². The lowest BCUT2D eigenvalue weighted by molar-refractivity contribution is -0.131. The van der Waals surface area contributed by atoms with Crippen LogP contribution in [0.2, 0.25) is 5.02 Å². The molecule has 0 aliphatic carbocycles. The molecule has 40 heavy (non-hydrogen) atoms. The highest BCUT2D eigenvalue weighted by Gasteiger charge is 2.31. The molecule has 5 rings (SSSR count). The van der Waals surface area contributed by atoms with Crippen molar-refractivity contribution < 1.29 is 33.2 Å². The Morgan fingerprint density at radius 3 is 2.30 bits per heavy atom. The molecule has 212 valence electrons. The summed E-state index contributed by atoms with van der Waals surface area (Å²) < 4.78 is 36.4. The van der Waals surface area contributed by atoms with Crippen molar-refractivity contribution >= 4 is 32.6 Å². The number of halogens is 1. The van der Waals surface area contributed by atoms with E-state index >= 15 is 0 Å². The van der Waals surface area contributed by atoms with Gasteiger partial charge in [-0.1, -0.05) is 48.0 Å². The minimum atomic E-state index is -3.61. The third-order valence-corrected chi connectivity index (χ3v) is 8.91. The van der Waals surface area contributed by atoms with Crippen LogP contribution in [-0.4, -0.2) is 81.6 Å². The van der Waals surface area contributed by atoms with Gasteiger partial charge >= 0.3 is 0 Å². The number of hydrogen-bond donors (Lipinski definition) is 4. The highest BCUT2D eigenvalue weighted by atomic mass is 35.5. The molecule has 0 saturated carbocycles. The third kappa shape index (κ3) is 6.30. The van der Waals surface area contributed by atoms with Gasteiger partial charge in [0, 0.05) is 12.0 Å². The molecule has 4 aromatic rings. The van der Waals surface area contributed by atoms with E-state index in [1.54, 1.807) is 30.3 Å². The van der Waals surface area contributed by atoms with E-state index in [0.717, 1.165) is 16.7 Å². The fraction of sp³-hybridized carbons (Fsp3) is 0.357. The Morgan fingerprint density at radius 2 is 1.70 bits per heavy atom. The summed E-state index contributed by atoms with van der Waals surface area (Å²) >= 11 is 6.55. The number of aliphatic hydroxyl groups excluding tert-OH is 2. The van der Waals surface area contributed by atoms with Crippen molar-refractivity contribution in [1.29, 1.82) is 0 Å². The average molecular weight is 588 g/mol. The maximum absolute atomic E-state index is 12.5. The van der Waals surface area contributed by atoms with Gasteiger partial charge in [-0.05, 0) is 43.2 Å². The van der Waals surface area contributed by atoms with Crippen LogP contribution in [0.1, 0.15) is 20.3 Å². The third-order valence-electron chi connectivity index (χ3n) is 6.54. The fourth-order valence-electron chi connectivity index (χ4n) is 4.62. The maximum atomic E-state index is 12.5. The predicted molar refractivity (Wildman–Crippen MR) is 150 cm³/mol. The van der Waals surface area contributed by atoms with Crippen LogP contribution in [-0.2, 0) is 14.6 Å². The second-order valence-corrected chi connectivity index (χ2v) is 12.9. The van der Waals surface area contributed by atoms with Gasteiger partial charge in [-0.15, -0.1) is 0 Å². The molecule has 1 saturated heterocycles. The highest BCUT2D eigenvalue weighted by Crippen LogP contribution is 2.32.